The van der Waals surface area contributed by atoms with Crippen LogP contribution >= 0.6 is 0 Å². The fraction of sp³-hybridized carbons (Fsp3) is 0.571. The molecule has 33 heavy (non-hydrogen) atoms. The molecule has 1 amide bonds. The summed E-state index contributed by atoms with van der Waals surface area (Å²) in [6.07, 6.45) is 1.98. The van der Waals surface area contributed by atoms with Gasteiger partial charge in [-0.1, -0.05) is 0 Å². The SMILES string of the molecule is CC(C)OC[C@H]1O[C@@H](n2cnc3c(NC(=O)/C(C#N)=C/C4CCCN4)ncnc32)[C@H](O)[C@@H]1O. The second-order valence-electron chi connectivity index (χ2n) is 8.32. The van der Waals surface area contributed by atoms with Crippen LogP contribution in [0.15, 0.2) is 24.3 Å². The van der Waals surface area contributed by atoms with Crippen molar-refractivity contribution in [2.45, 2.75) is 63.4 Å². The lowest BCUT2D eigenvalue weighted by molar-refractivity contribution is -0.112. The van der Waals surface area contributed by atoms with Gasteiger partial charge in [-0.2, -0.15) is 5.26 Å². The average molecular weight is 457 g/mol. The van der Waals surface area contributed by atoms with E-state index < -0.39 is 30.4 Å². The van der Waals surface area contributed by atoms with Gasteiger partial charge in [0, 0.05) is 6.04 Å². The van der Waals surface area contributed by atoms with Crippen LogP contribution < -0.4 is 10.6 Å². The van der Waals surface area contributed by atoms with E-state index in [0.717, 1.165) is 19.4 Å². The number of imidazole rings is 1. The molecule has 12 nitrogen and oxygen atoms in total. The molecule has 5 atom stereocenters. The second-order valence-corrected chi connectivity index (χ2v) is 8.32. The highest BCUT2D eigenvalue weighted by Gasteiger charge is 2.44. The topological polar surface area (TPSA) is 167 Å². The third-order valence-corrected chi connectivity index (χ3v) is 5.63. The smallest absolute Gasteiger partial charge is 0.267 e. The Bertz CT molecular complexity index is 1070. The lowest BCUT2D eigenvalue weighted by Gasteiger charge is -2.17. The summed E-state index contributed by atoms with van der Waals surface area (Å²) >= 11 is 0. The predicted molar refractivity (Wildman–Crippen MR) is 116 cm³/mol. The van der Waals surface area contributed by atoms with E-state index >= 15 is 0 Å². The number of aliphatic hydroxyl groups excluding tert-OH is 2. The molecule has 4 rings (SSSR count). The molecule has 176 valence electrons. The molecule has 1 unspecified atom stereocenters. The predicted octanol–water partition coefficient (Wildman–Crippen LogP) is 0.0110. The number of ether oxygens (including phenoxy) is 2. The molecule has 2 aliphatic heterocycles. The summed E-state index contributed by atoms with van der Waals surface area (Å²) < 4.78 is 12.8. The quantitative estimate of drug-likeness (QED) is 0.328. The number of nitrogens with zero attached hydrogens (tertiary/aromatic N) is 5. The average Bonchev–Trinajstić information content (AvgIpc) is 3.52. The molecule has 4 heterocycles. The van der Waals surface area contributed by atoms with Gasteiger partial charge in [-0.15, -0.1) is 0 Å². The minimum Gasteiger partial charge on any atom is -0.387 e. The number of aromatic nitrogens is 4. The Morgan fingerprint density at radius 2 is 2.24 bits per heavy atom. The van der Waals surface area contributed by atoms with Crippen LogP contribution in [0.2, 0.25) is 0 Å². The number of hydrogen-bond acceptors (Lipinski definition) is 10. The zero-order chi connectivity index (χ0) is 23.5. The van der Waals surface area contributed by atoms with Crippen molar-refractivity contribution in [3.05, 3.63) is 24.3 Å². The maximum absolute atomic E-state index is 12.7. The van der Waals surface area contributed by atoms with Crippen molar-refractivity contribution < 1.29 is 24.5 Å². The number of amides is 1. The van der Waals surface area contributed by atoms with Crippen molar-refractivity contribution in [1.82, 2.24) is 24.8 Å². The van der Waals surface area contributed by atoms with Crippen molar-refractivity contribution in [2.75, 3.05) is 18.5 Å². The second kappa shape index (κ2) is 9.90. The van der Waals surface area contributed by atoms with Crippen LogP contribution in [0.4, 0.5) is 5.82 Å². The number of nitriles is 1. The molecule has 2 aromatic heterocycles. The first-order valence-electron chi connectivity index (χ1n) is 10.9. The van der Waals surface area contributed by atoms with E-state index in [1.54, 1.807) is 6.08 Å². The summed E-state index contributed by atoms with van der Waals surface area (Å²) in [5.41, 5.74) is 0.530. The zero-order valence-corrected chi connectivity index (χ0v) is 18.4. The molecule has 0 radical (unpaired) electrons. The lowest BCUT2D eigenvalue weighted by Crippen LogP contribution is -2.34. The monoisotopic (exact) mass is 457 g/mol. The number of carbonyl (C=O) groups excluding carboxylic acids is 1. The van der Waals surface area contributed by atoms with Gasteiger partial charge in [-0.25, -0.2) is 15.0 Å². The zero-order valence-electron chi connectivity index (χ0n) is 18.4. The maximum Gasteiger partial charge on any atom is 0.267 e. The number of anilines is 1. The molecule has 0 saturated carbocycles. The number of carbonyl (C=O) groups is 1. The molecule has 2 aromatic rings. The Labute approximate surface area is 190 Å². The van der Waals surface area contributed by atoms with Crippen LogP contribution in [-0.4, -0.2) is 79.2 Å². The van der Waals surface area contributed by atoms with Gasteiger partial charge in [0.05, 0.1) is 19.0 Å². The Kier molecular flexibility index (Phi) is 6.96. The summed E-state index contributed by atoms with van der Waals surface area (Å²) in [7, 11) is 0. The van der Waals surface area contributed by atoms with E-state index in [4.69, 9.17) is 9.47 Å². The molecule has 0 spiro atoms. The highest BCUT2D eigenvalue weighted by Crippen LogP contribution is 2.32. The fourth-order valence-electron chi connectivity index (χ4n) is 3.91. The van der Waals surface area contributed by atoms with Crippen LogP contribution in [0, 0.1) is 11.3 Å². The standard InChI is InChI=1S/C21H27N7O5/c1-11(2)32-8-14-16(29)17(30)21(33-14)28-10-26-15-18(24-9-25-19(15)28)27-20(31)12(7-22)6-13-4-3-5-23-13/h6,9-11,13-14,16-17,21,23,29-30H,3-5,8H2,1-2H3,(H,24,25,27,31)/b12-6+/t13?,14-,16-,17-,21-/m1/s1. The lowest BCUT2D eigenvalue weighted by atomic mass is 10.1. The normalized spacial score (nSPS) is 27.9. The first kappa shape index (κ1) is 23.2. The number of fused-ring (bicyclic) bond motifs is 1. The minimum atomic E-state index is -1.23. The molecule has 12 heteroatoms. The summed E-state index contributed by atoms with van der Waals surface area (Å²) in [4.78, 5) is 25.2. The Hall–Kier alpha value is -2.95. The van der Waals surface area contributed by atoms with Gasteiger partial charge in [0.25, 0.3) is 5.91 Å². The van der Waals surface area contributed by atoms with Gasteiger partial charge >= 0.3 is 0 Å². The Balaban J connectivity index is 1.54. The number of nitrogens with one attached hydrogen (secondary N) is 2. The van der Waals surface area contributed by atoms with E-state index in [0.29, 0.717) is 5.65 Å². The van der Waals surface area contributed by atoms with Gasteiger partial charge in [0.15, 0.2) is 23.2 Å². The van der Waals surface area contributed by atoms with Crippen LogP contribution in [0.5, 0.6) is 0 Å². The van der Waals surface area contributed by atoms with E-state index in [9.17, 15) is 20.3 Å². The molecule has 4 N–H and O–H groups in total. The van der Waals surface area contributed by atoms with Crippen molar-refractivity contribution in [1.29, 1.82) is 5.26 Å². The van der Waals surface area contributed by atoms with Crippen LogP contribution in [0.25, 0.3) is 11.2 Å². The molecular formula is C21H27N7O5. The van der Waals surface area contributed by atoms with Crippen molar-refractivity contribution >= 4 is 22.9 Å². The number of hydrogen-bond donors (Lipinski definition) is 4. The van der Waals surface area contributed by atoms with Crippen molar-refractivity contribution in [3.63, 3.8) is 0 Å². The first-order chi connectivity index (χ1) is 15.9. The summed E-state index contributed by atoms with van der Waals surface area (Å²) in [6, 6.07) is 1.91. The third kappa shape index (κ3) is 4.87. The van der Waals surface area contributed by atoms with Gasteiger partial charge < -0.3 is 30.3 Å². The highest BCUT2D eigenvalue weighted by atomic mass is 16.6. The Morgan fingerprint density at radius 3 is 2.94 bits per heavy atom. The fourth-order valence-corrected chi connectivity index (χ4v) is 3.91. The van der Waals surface area contributed by atoms with E-state index in [1.165, 1.54) is 17.2 Å². The van der Waals surface area contributed by atoms with Gasteiger partial charge in [0.1, 0.15) is 36.3 Å². The van der Waals surface area contributed by atoms with Gasteiger partial charge in [-0.3, -0.25) is 9.36 Å². The highest BCUT2D eigenvalue weighted by molar-refractivity contribution is 6.08. The van der Waals surface area contributed by atoms with E-state index in [2.05, 4.69) is 25.6 Å². The largest absolute Gasteiger partial charge is 0.387 e. The molecule has 2 saturated heterocycles. The third-order valence-electron chi connectivity index (χ3n) is 5.63. The van der Waals surface area contributed by atoms with Gasteiger partial charge in [-0.05, 0) is 39.3 Å². The van der Waals surface area contributed by atoms with E-state index in [1.807, 2.05) is 19.9 Å². The van der Waals surface area contributed by atoms with Crippen molar-refractivity contribution in [2.24, 2.45) is 0 Å². The first-order valence-corrected chi connectivity index (χ1v) is 10.9. The molecule has 2 aliphatic rings. The summed E-state index contributed by atoms with van der Waals surface area (Å²) in [5.74, 6) is -0.476. The molecule has 0 aromatic carbocycles. The van der Waals surface area contributed by atoms with E-state index in [-0.39, 0.29) is 35.7 Å². The van der Waals surface area contributed by atoms with Gasteiger partial charge in [0.2, 0.25) is 0 Å². The number of aliphatic hydroxyl groups is 2. The summed E-state index contributed by atoms with van der Waals surface area (Å²) in [6.45, 7) is 4.69. The molecular weight excluding hydrogens is 430 g/mol. The minimum absolute atomic E-state index is 0.0184. The number of rotatable bonds is 7. The molecule has 2 fully saturated rings. The van der Waals surface area contributed by atoms with Crippen LogP contribution in [0.1, 0.15) is 32.9 Å². The maximum atomic E-state index is 12.7. The molecule has 0 bridgehead atoms. The van der Waals surface area contributed by atoms with Crippen LogP contribution in [-0.2, 0) is 14.3 Å². The Morgan fingerprint density at radius 1 is 1.42 bits per heavy atom. The van der Waals surface area contributed by atoms with Crippen molar-refractivity contribution in [3.8, 4) is 6.07 Å². The van der Waals surface area contributed by atoms with Crippen LogP contribution in [0.3, 0.4) is 0 Å². The molecule has 0 aliphatic carbocycles. The summed E-state index contributed by atoms with van der Waals surface area (Å²) in [5, 5.41) is 36.2.